The molecule has 1 heterocycles. The Morgan fingerprint density at radius 2 is 0.909 bits per heavy atom. The van der Waals surface area contributed by atoms with Crippen molar-refractivity contribution in [3.05, 3.63) is 205 Å². The van der Waals surface area contributed by atoms with Crippen molar-refractivity contribution in [2.45, 2.75) is 78.6 Å². The van der Waals surface area contributed by atoms with Gasteiger partial charge in [0.1, 0.15) is 0 Å². The zero-order valence-corrected chi connectivity index (χ0v) is 39.8. The molecule has 0 atom stereocenters. The first kappa shape index (κ1) is 41.5. The molecule has 2 nitrogen and oxygen atoms in total. The first-order valence-electron chi connectivity index (χ1n) is 23.6. The highest BCUT2D eigenvalue weighted by Crippen LogP contribution is 2.49. The number of hydrogen-bond donors (Lipinski definition) is 0. The Morgan fingerprint density at radius 3 is 1.55 bits per heavy atom. The quantitative estimate of drug-likeness (QED) is 0.151. The molecule has 0 spiro atoms. The molecule has 11 rings (SSSR count). The van der Waals surface area contributed by atoms with Crippen molar-refractivity contribution in [3.8, 4) is 27.9 Å². The van der Waals surface area contributed by atoms with Crippen LogP contribution >= 0.6 is 0 Å². The summed E-state index contributed by atoms with van der Waals surface area (Å²) in [6, 6.07) is 71.0. The summed E-state index contributed by atoms with van der Waals surface area (Å²) < 4.78 is 2.47. The number of rotatable bonds is 6. The van der Waals surface area contributed by atoms with Crippen LogP contribution in [0.25, 0.3) is 82.1 Å². The Bertz CT molecular complexity index is 3550. The topological polar surface area (TPSA) is 8.17 Å². The van der Waals surface area contributed by atoms with Gasteiger partial charge in [-0.05, 0) is 114 Å². The molecule has 0 unspecified atom stereocenters. The zero-order valence-electron chi connectivity index (χ0n) is 39.8. The number of nitrogens with zero attached hydrogens (tertiary/aromatic N) is 2. The van der Waals surface area contributed by atoms with E-state index in [9.17, 15) is 0 Å². The summed E-state index contributed by atoms with van der Waals surface area (Å²) in [5.41, 5.74) is 15.8. The predicted octanol–water partition coefficient (Wildman–Crippen LogP) is 18.4. The smallest absolute Gasteiger partial charge is 0.0546 e. The molecule has 1 aromatic heterocycles. The fraction of sp³-hybridized carbons (Fsp3) is 0.188. The number of fused-ring (bicyclic) bond motifs is 3. The highest BCUT2D eigenvalue weighted by Gasteiger charge is 2.26. The van der Waals surface area contributed by atoms with Crippen LogP contribution in [0.5, 0.6) is 0 Å². The summed E-state index contributed by atoms with van der Waals surface area (Å²) in [6.45, 7) is 20.9. The van der Waals surface area contributed by atoms with E-state index in [1.165, 1.54) is 98.8 Å². The second-order valence-corrected chi connectivity index (χ2v) is 21.5. The largest absolute Gasteiger partial charge is 0.309 e. The van der Waals surface area contributed by atoms with Gasteiger partial charge in [-0.25, -0.2) is 0 Å². The average Bonchev–Trinajstić information content (AvgIpc) is 3.64. The minimum atomic E-state index is -0.0472. The molecule has 324 valence electrons. The third-order valence-corrected chi connectivity index (χ3v) is 14.0. The molecule has 0 amide bonds. The standard InChI is InChI=1S/C64H58N2/c1-62(2,3)46-20-17-21-49(40-46)65(59-38-44(28-31-50(59)41-18-11-10-12-19-41)45-36-47(63(4,5)6)39-48(37-45)64(7,8)9)57-34-29-42-27-33-54-58(35-30-43-26-32-53(57)60(42)61(43)54)66-55-24-15-13-22-51(55)52-23-14-16-25-56(52)66/h10-40H,1-9H3. The lowest BCUT2D eigenvalue weighted by Gasteiger charge is -2.32. The maximum atomic E-state index is 2.55. The van der Waals surface area contributed by atoms with Crippen LogP contribution in [-0.4, -0.2) is 4.57 Å². The van der Waals surface area contributed by atoms with Crippen LogP contribution in [-0.2, 0) is 16.2 Å². The molecule has 0 aliphatic rings. The Labute approximate surface area is 390 Å². The predicted molar refractivity (Wildman–Crippen MR) is 286 cm³/mol. The number of benzene rings is 10. The highest BCUT2D eigenvalue weighted by molar-refractivity contribution is 6.27. The molecule has 0 N–H and O–H groups in total. The fourth-order valence-electron chi connectivity index (χ4n) is 10.3. The normalized spacial score (nSPS) is 12.6. The summed E-state index contributed by atoms with van der Waals surface area (Å²) in [5, 5.41) is 10.1. The molecule has 0 saturated heterocycles. The van der Waals surface area contributed by atoms with Crippen molar-refractivity contribution in [1.29, 1.82) is 0 Å². The van der Waals surface area contributed by atoms with Crippen LogP contribution in [0, 0.1) is 0 Å². The molecular formula is C64H58N2. The fourth-order valence-corrected chi connectivity index (χ4v) is 10.3. The van der Waals surface area contributed by atoms with Gasteiger partial charge < -0.3 is 9.47 Å². The summed E-state index contributed by atoms with van der Waals surface area (Å²) in [5.74, 6) is 0. The van der Waals surface area contributed by atoms with E-state index in [1.807, 2.05) is 0 Å². The van der Waals surface area contributed by atoms with Crippen LogP contribution < -0.4 is 4.90 Å². The van der Waals surface area contributed by atoms with Crippen LogP contribution in [0.4, 0.5) is 17.1 Å². The minimum absolute atomic E-state index is 0.00855. The van der Waals surface area contributed by atoms with Crippen molar-refractivity contribution in [1.82, 2.24) is 4.57 Å². The summed E-state index contributed by atoms with van der Waals surface area (Å²) >= 11 is 0. The maximum Gasteiger partial charge on any atom is 0.0546 e. The van der Waals surface area contributed by atoms with E-state index in [1.54, 1.807) is 0 Å². The van der Waals surface area contributed by atoms with Gasteiger partial charge in [0, 0.05) is 32.8 Å². The first-order valence-corrected chi connectivity index (χ1v) is 23.6. The van der Waals surface area contributed by atoms with Gasteiger partial charge in [-0.3, -0.25) is 0 Å². The number of hydrogen-bond acceptors (Lipinski definition) is 1. The van der Waals surface area contributed by atoms with E-state index in [0.717, 1.165) is 17.1 Å². The lowest BCUT2D eigenvalue weighted by atomic mass is 9.79. The molecule has 0 bridgehead atoms. The molecule has 66 heavy (non-hydrogen) atoms. The van der Waals surface area contributed by atoms with E-state index >= 15 is 0 Å². The van der Waals surface area contributed by atoms with Gasteiger partial charge in [0.15, 0.2) is 0 Å². The summed E-state index contributed by atoms with van der Waals surface area (Å²) in [4.78, 5) is 2.55. The molecular weight excluding hydrogens is 797 g/mol. The van der Waals surface area contributed by atoms with Gasteiger partial charge in [-0.1, -0.05) is 208 Å². The second kappa shape index (κ2) is 15.2. The van der Waals surface area contributed by atoms with Crippen molar-refractivity contribution in [2.24, 2.45) is 0 Å². The maximum absolute atomic E-state index is 2.55. The molecule has 0 aliphatic heterocycles. The van der Waals surface area contributed by atoms with Crippen LogP contribution in [0.2, 0.25) is 0 Å². The van der Waals surface area contributed by atoms with Gasteiger partial charge in [0.25, 0.3) is 0 Å². The van der Waals surface area contributed by atoms with Crippen molar-refractivity contribution < 1.29 is 0 Å². The van der Waals surface area contributed by atoms with E-state index in [2.05, 4.69) is 260 Å². The minimum Gasteiger partial charge on any atom is -0.309 e. The second-order valence-electron chi connectivity index (χ2n) is 21.5. The third kappa shape index (κ3) is 6.94. The Morgan fingerprint density at radius 1 is 0.348 bits per heavy atom. The monoisotopic (exact) mass is 854 g/mol. The third-order valence-electron chi connectivity index (χ3n) is 14.0. The molecule has 11 aromatic rings. The van der Waals surface area contributed by atoms with E-state index in [4.69, 9.17) is 0 Å². The molecule has 0 radical (unpaired) electrons. The van der Waals surface area contributed by atoms with Crippen LogP contribution in [0.15, 0.2) is 188 Å². The summed E-state index contributed by atoms with van der Waals surface area (Å²) in [7, 11) is 0. The number of aromatic nitrogens is 1. The van der Waals surface area contributed by atoms with Gasteiger partial charge in [0.2, 0.25) is 0 Å². The van der Waals surface area contributed by atoms with Crippen LogP contribution in [0.1, 0.15) is 79.0 Å². The number of para-hydroxylation sites is 2. The van der Waals surface area contributed by atoms with Crippen molar-refractivity contribution in [3.63, 3.8) is 0 Å². The lowest BCUT2D eigenvalue weighted by molar-refractivity contribution is 0.569. The SMILES string of the molecule is CC(C)(C)c1cccc(N(c2cc(-c3cc(C(C)(C)C)cc(C(C)(C)C)c3)ccc2-c2ccccc2)c2ccc3ccc4c(-n5c6ccccc6c6ccccc65)ccc5ccc2c3c54)c1. The van der Waals surface area contributed by atoms with Crippen LogP contribution in [0.3, 0.4) is 0 Å². The molecule has 10 aromatic carbocycles. The lowest BCUT2D eigenvalue weighted by Crippen LogP contribution is -2.17. The highest BCUT2D eigenvalue weighted by atomic mass is 15.1. The average molecular weight is 855 g/mol. The molecule has 0 aliphatic carbocycles. The zero-order chi connectivity index (χ0) is 45.7. The molecule has 0 fully saturated rings. The Kier molecular flexibility index (Phi) is 9.57. The van der Waals surface area contributed by atoms with E-state index in [0.29, 0.717) is 0 Å². The number of anilines is 3. The summed E-state index contributed by atoms with van der Waals surface area (Å²) in [6.07, 6.45) is 0. The van der Waals surface area contributed by atoms with E-state index < -0.39 is 0 Å². The Hall–Kier alpha value is -7.16. The van der Waals surface area contributed by atoms with Crippen molar-refractivity contribution >= 4 is 71.2 Å². The molecule has 0 saturated carbocycles. The molecule has 2 heteroatoms. The van der Waals surface area contributed by atoms with Gasteiger partial charge >= 0.3 is 0 Å². The first-order chi connectivity index (χ1) is 31.6. The Balaban J connectivity index is 1.22. The van der Waals surface area contributed by atoms with E-state index in [-0.39, 0.29) is 16.2 Å². The van der Waals surface area contributed by atoms with Crippen molar-refractivity contribution in [2.75, 3.05) is 4.90 Å². The van der Waals surface area contributed by atoms with Gasteiger partial charge in [0.05, 0.1) is 28.1 Å². The van der Waals surface area contributed by atoms with Gasteiger partial charge in [-0.2, -0.15) is 0 Å². The van der Waals surface area contributed by atoms with Gasteiger partial charge in [-0.15, -0.1) is 0 Å².